The molecule has 32 heavy (non-hydrogen) atoms. The molecule has 0 bridgehead atoms. The number of methoxy groups -OCH3 is 1. The fraction of sp³-hybridized carbons (Fsp3) is 0.286. The molecule has 2 aromatic heterocycles. The summed E-state index contributed by atoms with van der Waals surface area (Å²) in [4.78, 5) is 30.4. The summed E-state index contributed by atoms with van der Waals surface area (Å²) in [5.74, 6) is -0.496. The number of thiophene rings is 2. The number of rotatable bonds is 3. The lowest BCUT2D eigenvalue weighted by Gasteiger charge is -2.36. The van der Waals surface area contributed by atoms with Gasteiger partial charge in [0.15, 0.2) is 5.11 Å². The number of aryl methyl sites for hydroxylation is 1. The van der Waals surface area contributed by atoms with Crippen molar-refractivity contribution in [3.8, 4) is 0 Å². The number of fused-ring (bicyclic) bond motifs is 1. The number of anilines is 1. The first-order chi connectivity index (χ1) is 15.3. The van der Waals surface area contributed by atoms with Crippen LogP contribution in [0.4, 0.5) is 5.00 Å². The molecule has 1 N–H and O–H groups in total. The van der Waals surface area contributed by atoms with Crippen molar-refractivity contribution in [3.05, 3.63) is 49.6 Å². The molecule has 6 nitrogen and oxygen atoms in total. The fourth-order valence-corrected chi connectivity index (χ4v) is 6.48. The first-order valence-electron chi connectivity index (χ1n) is 9.70. The van der Waals surface area contributed by atoms with E-state index in [1.54, 1.807) is 17.0 Å². The highest BCUT2D eigenvalue weighted by Gasteiger charge is 2.27. The van der Waals surface area contributed by atoms with Crippen molar-refractivity contribution >= 4 is 90.2 Å². The molecular formula is C21H19Cl2N3O3S3. The van der Waals surface area contributed by atoms with Crippen molar-refractivity contribution in [2.45, 2.75) is 6.92 Å². The Bertz CT molecular complexity index is 1220. The van der Waals surface area contributed by atoms with Crippen LogP contribution in [0, 0.1) is 6.92 Å². The van der Waals surface area contributed by atoms with Crippen LogP contribution >= 0.6 is 58.1 Å². The third-order valence-corrected chi connectivity index (χ3v) is 8.33. The highest BCUT2D eigenvalue weighted by Crippen LogP contribution is 2.37. The number of carbonyl (C=O) groups is 2. The van der Waals surface area contributed by atoms with Gasteiger partial charge in [-0.3, -0.25) is 4.79 Å². The molecule has 3 aromatic rings. The average molecular weight is 529 g/mol. The van der Waals surface area contributed by atoms with E-state index in [1.807, 2.05) is 24.0 Å². The minimum Gasteiger partial charge on any atom is -0.465 e. The number of thiocarbonyl (C=S) groups is 1. The van der Waals surface area contributed by atoms with Crippen LogP contribution in [-0.2, 0) is 4.74 Å². The van der Waals surface area contributed by atoms with Crippen LogP contribution in [0.2, 0.25) is 10.0 Å². The summed E-state index contributed by atoms with van der Waals surface area (Å²) in [5, 5.41) is 6.25. The molecule has 0 atom stereocenters. The van der Waals surface area contributed by atoms with Gasteiger partial charge in [0.1, 0.15) is 9.88 Å². The number of amides is 1. The van der Waals surface area contributed by atoms with Crippen LogP contribution in [0.5, 0.6) is 0 Å². The molecule has 1 amide bonds. The summed E-state index contributed by atoms with van der Waals surface area (Å²) in [6.45, 7) is 4.09. The Morgan fingerprint density at radius 1 is 1.09 bits per heavy atom. The van der Waals surface area contributed by atoms with Gasteiger partial charge in [0.25, 0.3) is 5.91 Å². The zero-order valence-electron chi connectivity index (χ0n) is 17.2. The zero-order chi connectivity index (χ0) is 23.0. The maximum atomic E-state index is 13.1. The number of nitrogens with zero attached hydrogens (tertiary/aromatic N) is 2. The van der Waals surface area contributed by atoms with Crippen LogP contribution in [-0.4, -0.2) is 60.1 Å². The average Bonchev–Trinajstić information content (AvgIpc) is 3.31. The third kappa shape index (κ3) is 4.58. The largest absolute Gasteiger partial charge is 0.465 e. The van der Waals surface area contributed by atoms with E-state index in [2.05, 4.69) is 5.32 Å². The van der Waals surface area contributed by atoms with E-state index >= 15 is 0 Å². The number of esters is 1. The number of benzene rings is 1. The number of ether oxygens (including phenoxy) is 1. The van der Waals surface area contributed by atoms with E-state index in [-0.39, 0.29) is 5.91 Å². The third-order valence-electron chi connectivity index (χ3n) is 5.12. The lowest BCUT2D eigenvalue weighted by atomic mass is 10.2. The van der Waals surface area contributed by atoms with Gasteiger partial charge in [0, 0.05) is 46.2 Å². The molecule has 4 rings (SSSR count). The Labute approximate surface area is 208 Å². The quantitative estimate of drug-likeness (QED) is 0.357. The number of piperazine rings is 1. The Balaban J connectivity index is 1.41. The van der Waals surface area contributed by atoms with Crippen LogP contribution in [0.25, 0.3) is 10.1 Å². The summed E-state index contributed by atoms with van der Waals surface area (Å²) < 4.78 is 5.74. The number of halogens is 2. The molecule has 1 aliphatic rings. The number of hydrogen-bond donors (Lipinski definition) is 1. The van der Waals surface area contributed by atoms with Gasteiger partial charge in [0.2, 0.25) is 0 Å². The minimum atomic E-state index is -0.406. The molecule has 0 saturated carbocycles. The molecule has 11 heteroatoms. The molecular weight excluding hydrogens is 509 g/mol. The highest BCUT2D eigenvalue weighted by atomic mass is 35.5. The first kappa shape index (κ1) is 23.3. The second kappa shape index (κ2) is 9.52. The van der Waals surface area contributed by atoms with Gasteiger partial charge in [-0.2, -0.15) is 0 Å². The van der Waals surface area contributed by atoms with Crippen molar-refractivity contribution in [1.82, 2.24) is 9.80 Å². The fourth-order valence-electron chi connectivity index (χ4n) is 3.48. The van der Waals surface area contributed by atoms with Gasteiger partial charge in [0.05, 0.1) is 17.7 Å². The molecule has 1 fully saturated rings. The molecule has 1 aromatic carbocycles. The standard InChI is InChI=1S/C21H19Cl2N3O3S3/c1-11-9-14(20(28)29-2)18(31-11)24-21(30)26-7-5-25(6-8-26)19(27)17-16(23)13-4-3-12(22)10-15(13)32-17/h3-4,9-10H,5-8H2,1-2H3,(H,24,30). The predicted molar refractivity (Wildman–Crippen MR) is 136 cm³/mol. The summed E-state index contributed by atoms with van der Waals surface area (Å²) in [5.41, 5.74) is 0.464. The van der Waals surface area contributed by atoms with E-state index in [9.17, 15) is 9.59 Å². The van der Waals surface area contributed by atoms with E-state index < -0.39 is 5.97 Å². The van der Waals surface area contributed by atoms with Gasteiger partial charge >= 0.3 is 5.97 Å². The molecule has 0 radical (unpaired) electrons. The Morgan fingerprint density at radius 2 is 1.78 bits per heavy atom. The summed E-state index contributed by atoms with van der Waals surface area (Å²) in [6.07, 6.45) is 0. The number of carbonyl (C=O) groups excluding carboxylic acids is 2. The number of nitrogens with one attached hydrogen (secondary N) is 1. The molecule has 0 aliphatic carbocycles. The number of hydrogen-bond acceptors (Lipinski definition) is 6. The maximum Gasteiger partial charge on any atom is 0.340 e. The lowest BCUT2D eigenvalue weighted by Crippen LogP contribution is -2.51. The van der Waals surface area contributed by atoms with Crippen LogP contribution in [0.15, 0.2) is 24.3 Å². The summed E-state index contributed by atoms with van der Waals surface area (Å²) >= 11 is 20.9. The Morgan fingerprint density at radius 3 is 2.47 bits per heavy atom. The van der Waals surface area contributed by atoms with E-state index in [4.69, 9.17) is 40.2 Å². The maximum absolute atomic E-state index is 13.1. The molecule has 168 valence electrons. The molecule has 0 spiro atoms. The van der Waals surface area contributed by atoms with E-state index in [0.29, 0.717) is 56.8 Å². The van der Waals surface area contributed by atoms with Gasteiger partial charge in [-0.15, -0.1) is 22.7 Å². The van der Waals surface area contributed by atoms with Crippen LogP contribution < -0.4 is 5.32 Å². The van der Waals surface area contributed by atoms with Crippen molar-refractivity contribution in [3.63, 3.8) is 0 Å². The van der Waals surface area contributed by atoms with Gasteiger partial charge in [-0.25, -0.2) is 4.79 Å². The Kier molecular flexibility index (Phi) is 6.92. The van der Waals surface area contributed by atoms with Crippen molar-refractivity contribution in [1.29, 1.82) is 0 Å². The van der Waals surface area contributed by atoms with Gasteiger partial charge in [-0.05, 0) is 37.3 Å². The zero-order valence-corrected chi connectivity index (χ0v) is 21.2. The van der Waals surface area contributed by atoms with Gasteiger partial charge < -0.3 is 19.9 Å². The molecule has 1 aliphatic heterocycles. The predicted octanol–water partition coefficient (Wildman–Crippen LogP) is 5.52. The normalized spacial score (nSPS) is 14.0. The lowest BCUT2D eigenvalue weighted by molar-refractivity contribution is 0.0601. The topological polar surface area (TPSA) is 61.9 Å². The molecule has 0 unspecified atom stereocenters. The van der Waals surface area contributed by atoms with E-state index in [0.717, 1.165) is 15.0 Å². The monoisotopic (exact) mass is 527 g/mol. The molecule has 1 saturated heterocycles. The van der Waals surface area contributed by atoms with Crippen molar-refractivity contribution in [2.75, 3.05) is 38.6 Å². The summed E-state index contributed by atoms with van der Waals surface area (Å²) in [6, 6.07) is 7.20. The van der Waals surface area contributed by atoms with E-state index in [1.165, 1.54) is 29.8 Å². The minimum absolute atomic E-state index is 0.0901. The second-order valence-corrected chi connectivity index (χ2v) is 10.7. The highest BCUT2D eigenvalue weighted by molar-refractivity contribution is 7.80. The molecule has 3 heterocycles. The summed E-state index contributed by atoms with van der Waals surface area (Å²) in [7, 11) is 1.35. The van der Waals surface area contributed by atoms with Crippen LogP contribution in [0.1, 0.15) is 24.9 Å². The second-order valence-electron chi connectivity index (χ2n) is 7.19. The Hall–Kier alpha value is -1.91. The van der Waals surface area contributed by atoms with Crippen molar-refractivity contribution in [2.24, 2.45) is 0 Å². The first-order valence-corrected chi connectivity index (χ1v) is 12.5. The SMILES string of the molecule is COC(=O)c1cc(C)sc1NC(=S)N1CCN(C(=O)c2sc3cc(Cl)ccc3c2Cl)CC1. The smallest absolute Gasteiger partial charge is 0.340 e. The van der Waals surface area contributed by atoms with Crippen molar-refractivity contribution < 1.29 is 14.3 Å². The van der Waals surface area contributed by atoms with Crippen LogP contribution in [0.3, 0.4) is 0 Å². The van der Waals surface area contributed by atoms with Gasteiger partial charge in [-0.1, -0.05) is 29.3 Å².